The Morgan fingerprint density at radius 3 is 2.62 bits per heavy atom. The molecule has 2 aromatic rings. The minimum Gasteiger partial charge on any atom is -0.490 e. The van der Waals surface area contributed by atoms with Crippen LogP contribution in [0.1, 0.15) is 32.8 Å². The van der Waals surface area contributed by atoms with E-state index in [2.05, 4.69) is 22.9 Å². The first-order valence-corrected chi connectivity index (χ1v) is 11.4. The lowest BCUT2D eigenvalue weighted by Gasteiger charge is -2.18. The van der Waals surface area contributed by atoms with Gasteiger partial charge in [0.25, 0.3) is 5.91 Å². The third-order valence-corrected chi connectivity index (χ3v) is 6.22. The average Bonchev–Trinajstić information content (AvgIpc) is 2.98. The van der Waals surface area contributed by atoms with E-state index in [0.29, 0.717) is 27.3 Å². The highest BCUT2D eigenvalue weighted by molar-refractivity contribution is 9.10. The molecule has 0 aromatic heterocycles. The molecule has 0 saturated carbocycles. The highest BCUT2D eigenvalue weighted by atomic mass is 79.9. The molecule has 0 N–H and O–H groups in total. The van der Waals surface area contributed by atoms with Crippen molar-refractivity contribution < 1.29 is 14.3 Å². The van der Waals surface area contributed by atoms with Crippen LogP contribution >= 0.6 is 39.9 Å². The second-order valence-electron chi connectivity index (χ2n) is 6.45. The molecule has 1 aliphatic rings. The topological polar surface area (TPSA) is 38.8 Å². The smallest absolute Gasteiger partial charge is 0.270 e. The fourth-order valence-corrected chi connectivity index (χ4v) is 4.60. The summed E-state index contributed by atoms with van der Waals surface area (Å²) in [6.07, 6.45) is 2.79. The van der Waals surface area contributed by atoms with Crippen molar-refractivity contribution in [3.8, 4) is 11.5 Å². The maximum absolute atomic E-state index is 12.9. The lowest BCUT2D eigenvalue weighted by atomic mass is 10.1. The minimum atomic E-state index is -0.125. The van der Waals surface area contributed by atoms with Crippen LogP contribution in [0.5, 0.6) is 11.5 Å². The third kappa shape index (κ3) is 5.02. The third-order valence-electron chi connectivity index (χ3n) is 4.33. The van der Waals surface area contributed by atoms with Crippen molar-refractivity contribution in [1.82, 2.24) is 0 Å². The Hall–Kier alpha value is -1.83. The molecular weight excluding hydrogens is 470 g/mol. The first-order chi connectivity index (χ1) is 13.9. The second-order valence-corrected chi connectivity index (χ2v) is 8.98. The van der Waals surface area contributed by atoms with Crippen LogP contribution in [0, 0.1) is 0 Å². The Morgan fingerprint density at radius 1 is 1.24 bits per heavy atom. The molecule has 2 aromatic carbocycles. The molecule has 1 heterocycles. The van der Waals surface area contributed by atoms with Crippen molar-refractivity contribution in [2.24, 2.45) is 0 Å². The molecule has 3 rings (SSSR count). The number of para-hydroxylation sites is 1. The van der Waals surface area contributed by atoms with Gasteiger partial charge in [-0.15, -0.1) is 0 Å². The van der Waals surface area contributed by atoms with Gasteiger partial charge in [-0.1, -0.05) is 49.1 Å². The Kier molecular flexibility index (Phi) is 7.38. The number of hydrogen-bond acceptors (Lipinski definition) is 5. The van der Waals surface area contributed by atoms with E-state index in [-0.39, 0.29) is 12.0 Å². The van der Waals surface area contributed by atoms with Gasteiger partial charge < -0.3 is 9.47 Å². The lowest BCUT2D eigenvalue weighted by molar-refractivity contribution is -0.113. The van der Waals surface area contributed by atoms with E-state index in [0.717, 1.165) is 22.1 Å². The number of amides is 1. The van der Waals surface area contributed by atoms with E-state index in [9.17, 15) is 4.79 Å². The fraction of sp³-hybridized carbons (Fsp3) is 0.273. The zero-order valence-electron chi connectivity index (χ0n) is 16.5. The number of ether oxygens (including phenoxy) is 2. The van der Waals surface area contributed by atoms with Crippen LogP contribution in [0.2, 0.25) is 0 Å². The van der Waals surface area contributed by atoms with Crippen LogP contribution in [0.25, 0.3) is 6.08 Å². The number of carbonyl (C=O) groups excluding carboxylic acids is 1. The zero-order valence-corrected chi connectivity index (χ0v) is 19.7. The molecule has 0 radical (unpaired) electrons. The Labute approximate surface area is 189 Å². The van der Waals surface area contributed by atoms with Gasteiger partial charge in [-0.25, -0.2) is 0 Å². The summed E-state index contributed by atoms with van der Waals surface area (Å²) in [5.74, 6) is 1.20. The van der Waals surface area contributed by atoms with Crippen molar-refractivity contribution in [3.63, 3.8) is 0 Å². The summed E-state index contributed by atoms with van der Waals surface area (Å²) in [5, 5.41) is 0. The van der Waals surface area contributed by atoms with Crippen molar-refractivity contribution >= 4 is 61.9 Å². The quantitative estimate of drug-likeness (QED) is 0.329. The molecular formula is C22H22BrNO3S2. The Morgan fingerprint density at radius 2 is 1.97 bits per heavy atom. The monoisotopic (exact) mass is 491 g/mol. The summed E-state index contributed by atoms with van der Waals surface area (Å²) in [6.45, 7) is 6.54. The predicted octanol–water partition coefficient (Wildman–Crippen LogP) is 6.43. The highest BCUT2D eigenvalue weighted by Crippen LogP contribution is 2.40. The second kappa shape index (κ2) is 9.78. The van der Waals surface area contributed by atoms with Crippen LogP contribution in [0.15, 0.2) is 51.8 Å². The zero-order chi connectivity index (χ0) is 21.0. The van der Waals surface area contributed by atoms with Gasteiger partial charge in [-0.2, -0.15) is 0 Å². The molecule has 0 spiro atoms. The van der Waals surface area contributed by atoms with Crippen molar-refractivity contribution in [3.05, 3.63) is 57.4 Å². The van der Waals surface area contributed by atoms with E-state index in [4.69, 9.17) is 21.7 Å². The number of carbonyl (C=O) groups is 1. The van der Waals surface area contributed by atoms with Crippen LogP contribution in [-0.2, 0) is 4.79 Å². The molecule has 1 saturated heterocycles. The minimum absolute atomic E-state index is 0.0680. The van der Waals surface area contributed by atoms with Crippen LogP contribution < -0.4 is 14.4 Å². The molecule has 0 bridgehead atoms. The number of thiocarbonyl (C=S) groups is 1. The van der Waals surface area contributed by atoms with Gasteiger partial charge in [-0.05, 0) is 72.1 Å². The summed E-state index contributed by atoms with van der Waals surface area (Å²) in [5.41, 5.74) is 1.61. The summed E-state index contributed by atoms with van der Waals surface area (Å²) in [6, 6.07) is 13.2. The number of hydrogen-bond donors (Lipinski definition) is 0. The number of thioether (sulfide) groups is 1. The first kappa shape index (κ1) is 21.9. The van der Waals surface area contributed by atoms with Crippen molar-refractivity contribution in [1.29, 1.82) is 0 Å². The maximum atomic E-state index is 12.9. The predicted molar refractivity (Wildman–Crippen MR) is 128 cm³/mol. The van der Waals surface area contributed by atoms with E-state index in [1.807, 2.05) is 62.4 Å². The van der Waals surface area contributed by atoms with Gasteiger partial charge in [0.2, 0.25) is 0 Å². The van der Waals surface area contributed by atoms with Crippen LogP contribution in [0.4, 0.5) is 5.69 Å². The number of anilines is 1. The van der Waals surface area contributed by atoms with E-state index in [1.165, 1.54) is 11.8 Å². The standard InChI is InChI=1S/C22H22BrNO3S2/c1-4-14(3)27-20-17(23)11-15(12-18(20)26-5-2)13-19-21(25)24(22(28)29-19)16-9-7-6-8-10-16/h6-14H,4-5H2,1-3H3/b19-13+/t14-/m0/s1. The molecule has 1 fully saturated rings. The normalized spacial score (nSPS) is 16.4. The highest BCUT2D eigenvalue weighted by Gasteiger charge is 2.33. The number of nitrogens with zero attached hydrogens (tertiary/aromatic N) is 1. The van der Waals surface area contributed by atoms with Crippen LogP contribution in [-0.4, -0.2) is 22.9 Å². The number of halogens is 1. The van der Waals surface area contributed by atoms with E-state index in [1.54, 1.807) is 4.90 Å². The molecule has 1 atom stereocenters. The number of benzene rings is 2. The van der Waals surface area contributed by atoms with Gasteiger partial charge in [0.15, 0.2) is 15.8 Å². The van der Waals surface area contributed by atoms with E-state index < -0.39 is 0 Å². The lowest BCUT2D eigenvalue weighted by Crippen LogP contribution is -2.27. The Bertz CT molecular complexity index is 947. The van der Waals surface area contributed by atoms with E-state index >= 15 is 0 Å². The number of rotatable bonds is 7. The van der Waals surface area contributed by atoms with Crippen molar-refractivity contribution in [2.45, 2.75) is 33.3 Å². The molecule has 0 unspecified atom stereocenters. The fourth-order valence-electron chi connectivity index (χ4n) is 2.75. The Balaban J connectivity index is 1.94. The largest absolute Gasteiger partial charge is 0.490 e. The van der Waals surface area contributed by atoms with Crippen molar-refractivity contribution in [2.75, 3.05) is 11.5 Å². The maximum Gasteiger partial charge on any atom is 0.270 e. The summed E-state index contributed by atoms with van der Waals surface area (Å²) >= 11 is 10.3. The first-order valence-electron chi connectivity index (χ1n) is 9.40. The molecule has 29 heavy (non-hydrogen) atoms. The van der Waals surface area contributed by atoms with Crippen LogP contribution in [0.3, 0.4) is 0 Å². The summed E-state index contributed by atoms with van der Waals surface area (Å²) in [4.78, 5) is 15.1. The SMILES string of the molecule is CCOc1cc(/C=C2/SC(=S)N(c3ccccc3)C2=O)cc(Br)c1O[C@@H](C)CC. The van der Waals surface area contributed by atoms with Gasteiger partial charge in [0.1, 0.15) is 0 Å². The molecule has 152 valence electrons. The van der Waals surface area contributed by atoms with Gasteiger partial charge in [-0.3, -0.25) is 9.69 Å². The molecule has 1 amide bonds. The molecule has 7 heteroatoms. The molecule has 1 aliphatic heterocycles. The van der Waals surface area contributed by atoms with Gasteiger partial charge in [0.05, 0.1) is 27.8 Å². The van der Waals surface area contributed by atoms with Gasteiger partial charge in [0, 0.05) is 0 Å². The summed E-state index contributed by atoms with van der Waals surface area (Å²) < 4.78 is 13.1. The molecule has 4 nitrogen and oxygen atoms in total. The molecule has 0 aliphatic carbocycles. The summed E-state index contributed by atoms with van der Waals surface area (Å²) in [7, 11) is 0. The average molecular weight is 492 g/mol. The van der Waals surface area contributed by atoms with Gasteiger partial charge >= 0.3 is 0 Å².